The van der Waals surface area contributed by atoms with Crippen molar-refractivity contribution in [2.45, 2.75) is 10.9 Å². The molecule has 0 radical (unpaired) electrons. The minimum atomic E-state index is -4.14. The van der Waals surface area contributed by atoms with Gasteiger partial charge in [0.25, 0.3) is 0 Å². The quantitative estimate of drug-likeness (QED) is 0.943. The standard InChI is InChI=1S/C14H10F2N2O2S/c15-12-7-6-11(8-13(12)16)21(19,20)18-14(9-17)10-4-2-1-3-5-10/h1-8,14,18H. The van der Waals surface area contributed by atoms with Gasteiger partial charge in [0.05, 0.1) is 11.0 Å². The summed E-state index contributed by atoms with van der Waals surface area (Å²) in [5.74, 6) is -2.42. The normalized spacial score (nSPS) is 12.6. The Hall–Kier alpha value is -2.30. The second kappa shape index (κ2) is 5.99. The van der Waals surface area contributed by atoms with Crippen molar-refractivity contribution in [1.29, 1.82) is 5.26 Å². The molecule has 2 aromatic carbocycles. The molecule has 1 unspecified atom stereocenters. The topological polar surface area (TPSA) is 70.0 Å². The van der Waals surface area contributed by atoms with Crippen LogP contribution in [0.4, 0.5) is 8.78 Å². The molecule has 4 nitrogen and oxygen atoms in total. The molecule has 0 spiro atoms. The first-order chi connectivity index (χ1) is 9.94. The van der Waals surface area contributed by atoms with Gasteiger partial charge in [-0.3, -0.25) is 0 Å². The molecule has 2 aromatic rings. The molecule has 0 bridgehead atoms. The molecule has 0 aliphatic rings. The Balaban J connectivity index is 2.32. The van der Waals surface area contributed by atoms with Crippen molar-refractivity contribution in [3.05, 3.63) is 65.7 Å². The lowest BCUT2D eigenvalue weighted by Gasteiger charge is -2.12. The Morgan fingerprint density at radius 1 is 1.05 bits per heavy atom. The summed E-state index contributed by atoms with van der Waals surface area (Å²) in [5, 5.41) is 9.08. The van der Waals surface area contributed by atoms with Gasteiger partial charge in [-0.05, 0) is 23.8 Å². The third kappa shape index (κ3) is 3.42. The number of hydrogen-bond donors (Lipinski definition) is 1. The molecule has 108 valence electrons. The molecular weight excluding hydrogens is 298 g/mol. The SMILES string of the molecule is N#CC(NS(=O)(=O)c1ccc(F)c(F)c1)c1ccccc1. The predicted octanol–water partition coefficient (Wildman–Crippen LogP) is 2.51. The number of nitriles is 1. The number of sulfonamides is 1. The van der Waals surface area contributed by atoms with E-state index in [-0.39, 0.29) is 0 Å². The fourth-order valence-corrected chi connectivity index (χ4v) is 2.82. The summed E-state index contributed by atoms with van der Waals surface area (Å²) in [4.78, 5) is -0.447. The van der Waals surface area contributed by atoms with Crippen LogP contribution >= 0.6 is 0 Å². The van der Waals surface area contributed by atoms with Gasteiger partial charge in [0.2, 0.25) is 10.0 Å². The number of nitrogens with one attached hydrogen (secondary N) is 1. The average molecular weight is 308 g/mol. The van der Waals surface area contributed by atoms with Gasteiger partial charge in [0.1, 0.15) is 6.04 Å². The van der Waals surface area contributed by atoms with Crippen LogP contribution < -0.4 is 4.72 Å². The first kappa shape index (κ1) is 15.1. The lowest BCUT2D eigenvalue weighted by molar-refractivity contribution is 0.504. The Morgan fingerprint density at radius 3 is 2.29 bits per heavy atom. The van der Waals surface area contributed by atoms with E-state index in [1.54, 1.807) is 30.3 Å². The Morgan fingerprint density at radius 2 is 1.71 bits per heavy atom. The minimum Gasteiger partial charge on any atom is -0.207 e. The summed E-state index contributed by atoms with van der Waals surface area (Å²) < 4.78 is 52.3. The molecule has 0 aromatic heterocycles. The lowest BCUT2D eigenvalue weighted by atomic mass is 10.1. The van der Waals surface area contributed by atoms with E-state index in [4.69, 9.17) is 5.26 Å². The van der Waals surface area contributed by atoms with Crippen LogP contribution in [-0.4, -0.2) is 8.42 Å². The largest absolute Gasteiger partial charge is 0.242 e. The summed E-state index contributed by atoms with van der Waals surface area (Å²) in [6.45, 7) is 0. The van der Waals surface area contributed by atoms with Gasteiger partial charge in [-0.1, -0.05) is 30.3 Å². The van der Waals surface area contributed by atoms with Crippen molar-refractivity contribution >= 4 is 10.0 Å². The maximum Gasteiger partial charge on any atom is 0.242 e. The van der Waals surface area contributed by atoms with Crippen molar-refractivity contribution in [2.24, 2.45) is 0 Å². The smallest absolute Gasteiger partial charge is 0.207 e. The molecule has 0 fully saturated rings. The molecule has 0 heterocycles. The van der Waals surface area contributed by atoms with Crippen molar-refractivity contribution in [1.82, 2.24) is 4.72 Å². The van der Waals surface area contributed by atoms with Crippen LogP contribution in [0.25, 0.3) is 0 Å². The van der Waals surface area contributed by atoms with E-state index >= 15 is 0 Å². The molecule has 1 atom stereocenters. The van der Waals surface area contributed by atoms with Crippen LogP contribution in [-0.2, 0) is 10.0 Å². The van der Waals surface area contributed by atoms with E-state index < -0.39 is 32.6 Å². The second-order valence-electron chi connectivity index (χ2n) is 4.17. The Labute approximate surface area is 120 Å². The van der Waals surface area contributed by atoms with Crippen LogP contribution in [0.2, 0.25) is 0 Å². The lowest BCUT2D eigenvalue weighted by Crippen LogP contribution is -2.28. The molecule has 0 aliphatic heterocycles. The predicted molar refractivity (Wildman–Crippen MR) is 71.5 cm³/mol. The highest BCUT2D eigenvalue weighted by Crippen LogP contribution is 2.18. The second-order valence-corrected chi connectivity index (χ2v) is 5.88. The highest BCUT2D eigenvalue weighted by Gasteiger charge is 2.22. The Bertz CT molecular complexity index is 786. The highest BCUT2D eigenvalue weighted by molar-refractivity contribution is 7.89. The van der Waals surface area contributed by atoms with Crippen molar-refractivity contribution in [3.8, 4) is 6.07 Å². The molecule has 1 N–H and O–H groups in total. The van der Waals surface area contributed by atoms with Crippen LogP contribution in [0, 0.1) is 23.0 Å². The van der Waals surface area contributed by atoms with Gasteiger partial charge >= 0.3 is 0 Å². The van der Waals surface area contributed by atoms with Gasteiger partial charge in [0.15, 0.2) is 11.6 Å². The van der Waals surface area contributed by atoms with E-state index in [9.17, 15) is 17.2 Å². The van der Waals surface area contributed by atoms with E-state index in [1.807, 2.05) is 6.07 Å². The molecule has 21 heavy (non-hydrogen) atoms. The average Bonchev–Trinajstić information content (AvgIpc) is 2.48. The van der Waals surface area contributed by atoms with E-state index in [2.05, 4.69) is 4.72 Å². The number of benzene rings is 2. The third-order valence-electron chi connectivity index (χ3n) is 2.74. The molecule has 0 amide bonds. The maximum atomic E-state index is 13.1. The molecule has 2 rings (SSSR count). The van der Waals surface area contributed by atoms with Crippen LogP contribution in [0.15, 0.2) is 53.4 Å². The summed E-state index contributed by atoms with van der Waals surface area (Å²) in [6, 6.07) is 11.1. The zero-order chi connectivity index (χ0) is 15.5. The maximum absolute atomic E-state index is 13.1. The molecule has 0 aliphatic carbocycles. The van der Waals surface area contributed by atoms with Crippen LogP contribution in [0.3, 0.4) is 0 Å². The zero-order valence-corrected chi connectivity index (χ0v) is 11.4. The van der Waals surface area contributed by atoms with Gasteiger partial charge in [0, 0.05) is 0 Å². The van der Waals surface area contributed by atoms with Gasteiger partial charge in [-0.2, -0.15) is 9.98 Å². The number of hydrogen-bond acceptors (Lipinski definition) is 3. The Kier molecular flexibility index (Phi) is 4.31. The van der Waals surface area contributed by atoms with Gasteiger partial charge < -0.3 is 0 Å². The van der Waals surface area contributed by atoms with E-state index in [0.29, 0.717) is 17.7 Å². The van der Waals surface area contributed by atoms with Gasteiger partial charge in [-0.25, -0.2) is 17.2 Å². The monoisotopic (exact) mass is 308 g/mol. The minimum absolute atomic E-state index is 0.447. The number of nitrogens with zero attached hydrogens (tertiary/aromatic N) is 1. The van der Waals surface area contributed by atoms with Crippen LogP contribution in [0.5, 0.6) is 0 Å². The highest BCUT2D eigenvalue weighted by atomic mass is 32.2. The summed E-state index contributed by atoms with van der Waals surface area (Å²) >= 11 is 0. The summed E-state index contributed by atoms with van der Waals surface area (Å²) in [6.07, 6.45) is 0. The molecular formula is C14H10F2N2O2S. The number of halogens is 2. The van der Waals surface area contributed by atoms with E-state index in [0.717, 1.165) is 6.07 Å². The summed E-state index contributed by atoms with van der Waals surface area (Å²) in [7, 11) is -4.14. The van der Waals surface area contributed by atoms with Crippen LogP contribution in [0.1, 0.15) is 11.6 Å². The van der Waals surface area contributed by atoms with E-state index in [1.165, 1.54) is 0 Å². The number of rotatable bonds is 4. The molecule has 0 saturated heterocycles. The first-order valence-corrected chi connectivity index (χ1v) is 7.34. The fourth-order valence-electron chi connectivity index (χ4n) is 1.68. The fraction of sp³-hybridized carbons (Fsp3) is 0.0714. The van der Waals surface area contributed by atoms with Gasteiger partial charge in [-0.15, -0.1) is 0 Å². The first-order valence-electron chi connectivity index (χ1n) is 5.86. The molecule has 7 heteroatoms. The van der Waals surface area contributed by atoms with Crippen molar-refractivity contribution in [2.75, 3.05) is 0 Å². The molecule has 0 saturated carbocycles. The third-order valence-corrected chi connectivity index (χ3v) is 4.16. The summed E-state index contributed by atoms with van der Waals surface area (Å²) in [5.41, 5.74) is 0.450. The van der Waals surface area contributed by atoms with Crippen molar-refractivity contribution < 1.29 is 17.2 Å². The zero-order valence-electron chi connectivity index (χ0n) is 10.6. The van der Waals surface area contributed by atoms with Crippen molar-refractivity contribution in [3.63, 3.8) is 0 Å².